The lowest BCUT2D eigenvalue weighted by Crippen LogP contribution is -2.07. The second kappa shape index (κ2) is 4.97. The van der Waals surface area contributed by atoms with E-state index >= 15 is 0 Å². The van der Waals surface area contributed by atoms with Gasteiger partial charge in [0.15, 0.2) is 5.82 Å². The minimum atomic E-state index is -0.515. The highest BCUT2D eigenvalue weighted by molar-refractivity contribution is 6.30. The number of hydrogen-bond acceptors (Lipinski definition) is 5. The van der Waals surface area contributed by atoms with Crippen molar-refractivity contribution in [2.75, 3.05) is 11.9 Å². The van der Waals surface area contributed by atoms with Gasteiger partial charge >= 0.3 is 0 Å². The van der Waals surface area contributed by atoms with Crippen molar-refractivity contribution < 1.29 is 9.13 Å². The average molecular weight is 281 g/mol. The first-order chi connectivity index (χ1) is 9.25. The summed E-state index contributed by atoms with van der Waals surface area (Å²) in [6.07, 6.45) is 3.62. The molecular formula is C12H10ClFN4O. The fourth-order valence-electron chi connectivity index (χ4n) is 1.90. The van der Waals surface area contributed by atoms with Crippen LogP contribution in [0.25, 0.3) is 0 Å². The van der Waals surface area contributed by atoms with Crippen molar-refractivity contribution in [3.05, 3.63) is 40.7 Å². The largest absolute Gasteiger partial charge is 0.477 e. The molecule has 98 valence electrons. The van der Waals surface area contributed by atoms with Crippen LogP contribution in [0.4, 0.5) is 10.2 Å². The number of ether oxygens (including phenoxy) is 1. The molecule has 5 nitrogen and oxygen atoms in total. The number of hydrogen-bond donors (Lipinski definition) is 1. The van der Waals surface area contributed by atoms with Crippen LogP contribution in [0.15, 0.2) is 18.6 Å². The van der Waals surface area contributed by atoms with Crippen molar-refractivity contribution in [2.45, 2.75) is 13.0 Å². The molecule has 0 saturated heterocycles. The molecule has 0 atom stereocenters. The van der Waals surface area contributed by atoms with Crippen molar-refractivity contribution in [1.29, 1.82) is 0 Å². The van der Waals surface area contributed by atoms with Gasteiger partial charge in [-0.2, -0.15) is 0 Å². The Balaban J connectivity index is 1.80. The van der Waals surface area contributed by atoms with Crippen LogP contribution in [0.5, 0.6) is 5.88 Å². The third kappa shape index (κ3) is 2.31. The van der Waals surface area contributed by atoms with Crippen molar-refractivity contribution in [2.24, 2.45) is 0 Å². The average Bonchev–Trinajstić information content (AvgIpc) is 2.89. The number of pyridine rings is 1. The molecule has 0 unspecified atom stereocenters. The van der Waals surface area contributed by atoms with Crippen LogP contribution in [-0.4, -0.2) is 21.6 Å². The van der Waals surface area contributed by atoms with Crippen molar-refractivity contribution in [3.63, 3.8) is 0 Å². The smallest absolute Gasteiger partial charge is 0.221 e. The summed E-state index contributed by atoms with van der Waals surface area (Å²) in [5, 5.41) is 3.10. The highest BCUT2D eigenvalue weighted by Crippen LogP contribution is 2.27. The van der Waals surface area contributed by atoms with Gasteiger partial charge in [0, 0.05) is 12.6 Å². The zero-order valence-electron chi connectivity index (χ0n) is 9.86. The van der Waals surface area contributed by atoms with E-state index in [4.69, 9.17) is 16.3 Å². The van der Waals surface area contributed by atoms with Gasteiger partial charge in [0.2, 0.25) is 5.88 Å². The summed E-state index contributed by atoms with van der Waals surface area (Å²) < 4.78 is 19.0. The van der Waals surface area contributed by atoms with E-state index in [1.807, 2.05) is 0 Å². The lowest BCUT2D eigenvalue weighted by Gasteiger charge is -2.08. The van der Waals surface area contributed by atoms with Gasteiger partial charge in [-0.25, -0.2) is 14.4 Å². The summed E-state index contributed by atoms with van der Waals surface area (Å²) in [5.74, 6) is 0.708. The minimum absolute atomic E-state index is 0.0584. The summed E-state index contributed by atoms with van der Waals surface area (Å²) >= 11 is 5.70. The number of anilines is 1. The molecule has 0 amide bonds. The topological polar surface area (TPSA) is 59.9 Å². The summed E-state index contributed by atoms with van der Waals surface area (Å²) in [4.78, 5) is 12.1. The molecule has 1 aliphatic heterocycles. The molecule has 0 bridgehead atoms. The SMILES string of the molecule is Fc1c(Cl)ccnc1CNc1ncnc2c1CCO2. The lowest BCUT2D eigenvalue weighted by atomic mass is 10.2. The second-order valence-corrected chi connectivity index (χ2v) is 4.42. The maximum absolute atomic E-state index is 13.7. The van der Waals surface area contributed by atoms with Crippen LogP contribution in [0, 0.1) is 5.82 Å². The van der Waals surface area contributed by atoms with E-state index < -0.39 is 5.82 Å². The molecule has 3 rings (SSSR count). The van der Waals surface area contributed by atoms with Gasteiger partial charge in [-0.05, 0) is 6.07 Å². The van der Waals surface area contributed by atoms with Gasteiger partial charge < -0.3 is 10.1 Å². The van der Waals surface area contributed by atoms with Gasteiger partial charge in [-0.15, -0.1) is 0 Å². The number of nitrogens with zero attached hydrogens (tertiary/aromatic N) is 3. The summed E-state index contributed by atoms with van der Waals surface area (Å²) in [5.41, 5.74) is 1.16. The maximum Gasteiger partial charge on any atom is 0.221 e. The van der Waals surface area contributed by atoms with E-state index in [0.29, 0.717) is 18.3 Å². The number of aromatic nitrogens is 3. The Hall–Kier alpha value is -1.95. The molecular weight excluding hydrogens is 271 g/mol. The van der Waals surface area contributed by atoms with Crippen molar-refractivity contribution in [3.8, 4) is 5.88 Å². The molecule has 0 fully saturated rings. The molecule has 19 heavy (non-hydrogen) atoms. The van der Waals surface area contributed by atoms with Crippen LogP contribution in [0.3, 0.4) is 0 Å². The van der Waals surface area contributed by atoms with Crippen LogP contribution in [-0.2, 0) is 13.0 Å². The third-order valence-corrected chi connectivity index (χ3v) is 3.13. The monoisotopic (exact) mass is 280 g/mol. The Bertz CT molecular complexity index is 623. The fourth-order valence-corrected chi connectivity index (χ4v) is 2.06. The van der Waals surface area contributed by atoms with Gasteiger partial charge in [-0.1, -0.05) is 11.6 Å². The first kappa shape index (κ1) is 12.1. The zero-order chi connectivity index (χ0) is 13.2. The van der Waals surface area contributed by atoms with Crippen molar-refractivity contribution >= 4 is 17.4 Å². The van der Waals surface area contributed by atoms with E-state index in [9.17, 15) is 4.39 Å². The zero-order valence-corrected chi connectivity index (χ0v) is 10.6. The van der Waals surface area contributed by atoms with E-state index in [0.717, 1.165) is 12.0 Å². The summed E-state index contributed by atoms with van der Waals surface area (Å²) in [6.45, 7) is 0.794. The highest BCUT2D eigenvalue weighted by Gasteiger charge is 2.18. The van der Waals surface area contributed by atoms with Crippen LogP contribution in [0.1, 0.15) is 11.3 Å². The van der Waals surface area contributed by atoms with Crippen LogP contribution < -0.4 is 10.1 Å². The first-order valence-electron chi connectivity index (χ1n) is 5.75. The number of fused-ring (bicyclic) bond motifs is 1. The Kier molecular flexibility index (Phi) is 3.16. The van der Waals surface area contributed by atoms with E-state index in [1.165, 1.54) is 18.6 Å². The van der Waals surface area contributed by atoms with Gasteiger partial charge in [0.1, 0.15) is 12.1 Å². The Morgan fingerprint density at radius 1 is 1.37 bits per heavy atom. The Morgan fingerprint density at radius 3 is 3.16 bits per heavy atom. The fraction of sp³-hybridized carbons (Fsp3) is 0.250. The molecule has 7 heteroatoms. The molecule has 3 heterocycles. The Morgan fingerprint density at radius 2 is 2.26 bits per heavy atom. The van der Waals surface area contributed by atoms with E-state index in [2.05, 4.69) is 20.3 Å². The molecule has 2 aromatic rings. The second-order valence-electron chi connectivity index (χ2n) is 4.01. The minimum Gasteiger partial charge on any atom is -0.477 e. The Labute approximate surface area is 113 Å². The normalized spacial score (nSPS) is 12.9. The molecule has 1 N–H and O–H groups in total. The molecule has 0 saturated carbocycles. The summed E-state index contributed by atoms with van der Waals surface area (Å²) in [6, 6.07) is 1.41. The van der Waals surface area contributed by atoms with E-state index in [1.54, 1.807) is 0 Å². The third-order valence-electron chi connectivity index (χ3n) is 2.83. The first-order valence-corrected chi connectivity index (χ1v) is 6.13. The predicted molar refractivity (Wildman–Crippen MR) is 67.8 cm³/mol. The lowest BCUT2D eigenvalue weighted by molar-refractivity contribution is 0.344. The predicted octanol–water partition coefficient (Wildman–Crippen LogP) is 2.21. The molecule has 0 radical (unpaired) electrons. The standard InChI is InChI=1S/C12H10ClFN4O/c13-8-1-3-15-9(10(8)14)5-16-11-7-2-4-19-12(7)18-6-17-11/h1,3,6H,2,4-5H2,(H,16,17,18). The quantitative estimate of drug-likeness (QED) is 0.934. The number of nitrogens with one attached hydrogen (secondary N) is 1. The number of rotatable bonds is 3. The molecule has 0 aromatic carbocycles. The van der Waals surface area contributed by atoms with Gasteiger partial charge in [-0.3, -0.25) is 4.98 Å². The molecule has 1 aliphatic rings. The van der Waals surface area contributed by atoms with Crippen LogP contribution in [0.2, 0.25) is 5.02 Å². The maximum atomic E-state index is 13.7. The van der Waals surface area contributed by atoms with E-state index in [-0.39, 0.29) is 17.3 Å². The van der Waals surface area contributed by atoms with Gasteiger partial charge in [0.25, 0.3) is 0 Å². The van der Waals surface area contributed by atoms with Crippen LogP contribution >= 0.6 is 11.6 Å². The number of halogens is 2. The molecule has 0 aliphatic carbocycles. The van der Waals surface area contributed by atoms with Gasteiger partial charge in [0.05, 0.1) is 29.4 Å². The molecule has 0 spiro atoms. The highest BCUT2D eigenvalue weighted by atomic mass is 35.5. The molecule has 2 aromatic heterocycles. The summed E-state index contributed by atoms with van der Waals surface area (Å²) in [7, 11) is 0. The van der Waals surface area contributed by atoms with Crippen molar-refractivity contribution in [1.82, 2.24) is 15.0 Å².